The Kier molecular flexibility index (Phi) is 5.23. The van der Waals surface area contributed by atoms with E-state index in [1.165, 1.54) is 6.07 Å². The van der Waals surface area contributed by atoms with Crippen molar-refractivity contribution in [3.63, 3.8) is 0 Å². The van der Waals surface area contributed by atoms with Crippen molar-refractivity contribution in [2.24, 2.45) is 0 Å². The second kappa shape index (κ2) is 6.15. The summed E-state index contributed by atoms with van der Waals surface area (Å²) < 4.78 is 47.8. The summed E-state index contributed by atoms with van der Waals surface area (Å²) in [6.07, 6.45) is 0.0981. The second-order valence-corrected chi connectivity index (χ2v) is 8.00. The van der Waals surface area contributed by atoms with Gasteiger partial charge in [0, 0.05) is 19.3 Å². The summed E-state index contributed by atoms with van der Waals surface area (Å²) in [4.78, 5) is 0. The fourth-order valence-corrected chi connectivity index (χ4v) is 1.84. The lowest BCUT2D eigenvalue weighted by molar-refractivity contribution is 0.173. The van der Waals surface area contributed by atoms with Gasteiger partial charge in [0.25, 0.3) is 0 Å². The van der Waals surface area contributed by atoms with E-state index in [1.54, 1.807) is 13.8 Å². The molecule has 0 aliphatic rings. The molecule has 0 aromatic heterocycles. The van der Waals surface area contributed by atoms with Crippen LogP contribution in [0, 0.1) is 11.6 Å². The van der Waals surface area contributed by atoms with Gasteiger partial charge in [0.1, 0.15) is 0 Å². The van der Waals surface area contributed by atoms with Gasteiger partial charge in [-0.2, -0.15) is 0 Å². The number of hydrogen-bond donors (Lipinski definition) is 2. The van der Waals surface area contributed by atoms with Gasteiger partial charge in [-0.3, -0.25) is 0 Å². The third-order valence-electron chi connectivity index (χ3n) is 3.22. The summed E-state index contributed by atoms with van der Waals surface area (Å²) in [5, 5.41) is 12.7. The zero-order valence-corrected chi connectivity index (χ0v) is 12.5. The molecule has 1 rings (SSSR count). The van der Waals surface area contributed by atoms with Crippen LogP contribution in [-0.2, 0) is 9.84 Å². The molecular formula is C13H19F2NO3S. The molecule has 0 amide bonds. The predicted molar refractivity (Wildman–Crippen MR) is 73.1 cm³/mol. The first-order valence-corrected chi connectivity index (χ1v) is 7.97. The average molecular weight is 307 g/mol. The van der Waals surface area contributed by atoms with Crippen LogP contribution in [0.4, 0.5) is 8.78 Å². The molecule has 0 spiro atoms. The van der Waals surface area contributed by atoms with Gasteiger partial charge >= 0.3 is 0 Å². The van der Waals surface area contributed by atoms with E-state index in [-0.39, 0.29) is 18.7 Å². The lowest BCUT2D eigenvalue weighted by Gasteiger charge is -2.23. The Labute approximate surface area is 117 Å². The highest BCUT2D eigenvalue weighted by Crippen LogP contribution is 2.17. The Morgan fingerprint density at radius 2 is 1.90 bits per heavy atom. The molecule has 114 valence electrons. The molecular weight excluding hydrogens is 288 g/mol. The third-order valence-corrected chi connectivity index (χ3v) is 5.37. The van der Waals surface area contributed by atoms with E-state index in [0.29, 0.717) is 0 Å². The van der Waals surface area contributed by atoms with E-state index in [4.69, 9.17) is 0 Å². The fourth-order valence-electron chi connectivity index (χ4n) is 1.48. The van der Waals surface area contributed by atoms with Crippen molar-refractivity contribution in [1.29, 1.82) is 0 Å². The van der Waals surface area contributed by atoms with Gasteiger partial charge in [0.15, 0.2) is 21.5 Å². The van der Waals surface area contributed by atoms with Gasteiger partial charge in [-0.25, -0.2) is 17.2 Å². The van der Waals surface area contributed by atoms with Gasteiger partial charge in [-0.05, 0) is 31.5 Å². The molecule has 0 saturated carbocycles. The Balaban J connectivity index is 2.60. The summed E-state index contributed by atoms with van der Waals surface area (Å²) in [6.45, 7) is 3.33. The Morgan fingerprint density at radius 3 is 2.40 bits per heavy atom. The van der Waals surface area contributed by atoms with E-state index >= 15 is 0 Å². The molecule has 1 aromatic rings. The number of sulfone groups is 1. The van der Waals surface area contributed by atoms with Crippen molar-refractivity contribution in [3.8, 4) is 0 Å². The second-order valence-electron chi connectivity index (χ2n) is 5.35. The number of aliphatic hydroxyl groups is 1. The number of nitrogens with one attached hydrogen (secondary N) is 1. The molecule has 20 heavy (non-hydrogen) atoms. The van der Waals surface area contributed by atoms with E-state index < -0.39 is 32.3 Å². The summed E-state index contributed by atoms with van der Waals surface area (Å²) in [5.41, 5.74) is 0.230. The molecule has 0 saturated heterocycles. The van der Waals surface area contributed by atoms with Crippen LogP contribution in [0.15, 0.2) is 18.2 Å². The largest absolute Gasteiger partial charge is 0.387 e. The van der Waals surface area contributed by atoms with Crippen molar-refractivity contribution in [2.45, 2.75) is 24.7 Å². The smallest absolute Gasteiger partial charge is 0.159 e. The Bertz CT molecular complexity index is 573. The van der Waals surface area contributed by atoms with E-state index in [9.17, 15) is 22.3 Å². The maximum atomic E-state index is 13.0. The highest BCUT2D eigenvalue weighted by molar-refractivity contribution is 7.92. The molecule has 4 nitrogen and oxygen atoms in total. The van der Waals surface area contributed by atoms with Crippen molar-refractivity contribution in [3.05, 3.63) is 35.4 Å². The molecule has 0 heterocycles. The molecule has 0 aliphatic carbocycles. The topological polar surface area (TPSA) is 66.4 Å². The molecule has 1 aromatic carbocycles. The summed E-state index contributed by atoms with van der Waals surface area (Å²) >= 11 is 0. The standard InChI is InChI=1S/C13H19F2NO3S/c1-13(2,20(3,18)19)8-16-7-12(17)9-4-5-10(14)11(15)6-9/h4-6,12,16-17H,7-8H2,1-3H3. The van der Waals surface area contributed by atoms with Crippen LogP contribution in [-0.4, -0.2) is 37.6 Å². The van der Waals surface area contributed by atoms with Crippen molar-refractivity contribution >= 4 is 9.84 Å². The SMILES string of the molecule is CC(C)(CNCC(O)c1ccc(F)c(F)c1)S(C)(=O)=O. The molecule has 0 bridgehead atoms. The van der Waals surface area contributed by atoms with Crippen molar-refractivity contribution < 1.29 is 22.3 Å². The van der Waals surface area contributed by atoms with Crippen LogP contribution in [0.3, 0.4) is 0 Å². The van der Waals surface area contributed by atoms with Gasteiger partial charge in [-0.15, -0.1) is 0 Å². The third kappa shape index (κ3) is 4.22. The highest BCUT2D eigenvalue weighted by atomic mass is 32.2. The van der Waals surface area contributed by atoms with Gasteiger partial charge in [0.05, 0.1) is 10.9 Å². The minimum Gasteiger partial charge on any atom is -0.387 e. The van der Waals surface area contributed by atoms with Crippen LogP contribution in [0.5, 0.6) is 0 Å². The normalized spacial score (nSPS) is 14.3. The molecule has 0 fully saturated rings. The molecule has 0 aliphatic heterocycles. The van der Waals surface area contributed by atoms with Crippen LogP contribution in [0.25, 0.3) is 0 Å². The highest BCUT2D eigenvalue weighted by Gasteiger charge is 2.29. The summed E-state index contributed by atoms with van der Waals surface area (Å²) in [7, 11) is -3.23. The van der Waals surface area contributed by atoms with E-state index in [1.807, 2.05) is 0 Å². The molecule has 7 heteroatoms. The van der Waals surface area contributed by atoms with Gasteiger partial charge in [-0.1, -0.05) is 6.07 Å². The molecule has 2 N–H and O–H groups in total. The summed E-state index contributed by atoms with van der Waals surface area (Å²) in [6, 6.07) is 3.14. The number of halogens is 2. The number of hydrogen-bond acceptors (Lipinski definition) is 4. The minimum absolute atomic E-state index is 0.0457. The first-order valence-electron chi connectivity index (χ1n) is 6.08. The maximum absolute atomic E-state index is 13.0. The van der Waals surface area contributed by atoms with Crippen LogP contribution >= 0.6 is 0 Å². The van der Waals surface area contributed by atoms with E-state index in [2.05, 4.69) is 5.32 Å². The van der Waals surface area contributed by atoms with Gasteiger partial charge < -0.3 is 10.4 Å². The zero-order chi connectivity index (χ0) is 15.6. The monoisotopic (exact) mass is 307 g/mol. The fraction of sp³-hybridized carbons (Fsp3) is 0.538. The summed E-state index contributed by atoms with van der Waals surface area (Å²) in [5.74, 6) is -2.01. The van der Waals surface area contributed by atoms with Crippen LogP contribution in [0.1, 0.15) is 25.5 Å². The van der Waals surface area contributed by atoms with Crippen LogP contribution in [0.2, 0.25) is 0 Å². The predicted octanol–water partition coefficient (Wildman–Crippen LogP) is 1.41. The van der Waals surface area contributed by atoms with Crippen molar-refractivity contribution in [1.82, 2.24) is 5.32 Å². The van der Waals surface area contributed by atoms with Crippen LogP contribution < -0.4 is 5.32 Å². The van der Waals surface area contributed by atoms with Gasteiger partial charge in [0.2, 0.25) is 0 Å². The first kappa shape index (κ1) is 17.0. The number of benzene rings is 1. The Hall–Kier alpha value is -1.05. The zero-order valence-electron chi connectivity index (χ0n) is 11.7. The molecule has 1 atom stereocenters. The molecule has 1 unspecified atom stereocenters. The number of rotatable bonds is 6. The van der Waals surface area contributed by atoms with Crippen molar-refractivity contribution in [2.75, 3.05) is 19.3 Å². The van der Waals surface area contributed by atoms with E-state index in [0.717, 1.165) is 18.4 Å². The lowest BCUT2D eigenvalue weighted by atomic mass is 10.1. The quantitative estimate of drug-likeness (QED) is 0.834. The minimum atomic E-state index is -3.23. The maximum Gasteiger partial charge on any atom is 0.159 e. The first-order chi connectivity index (χ1) is 9.04. The Morgan fingerprint density at radius 1 is 1.30 bits per heavy atom. The lowest BCUT2D eigenvalue weighted by Crippen LogP contribution is -2.42. The molecule has 0 radical (unpaired) electrons. The number of aliphatic hydroxyl groups excluding tert-OH is 1. The average Bonchev–Trinajstić information content (AvgIpc) is 2.30.